The lowest BCUT2D eigenvalue weighted by atomic mass is 9.95. The van der Waals surface area contributed by atoms with Crippen molar-refractivity contribution in [3.63, 3.8) is 0 Å². The number of piperazine rings is 1. The first kappa shape index (κ1) is 21.1. The first-order valence-corrected chi connectivity index (χ1v) is 10.3. The van der Waals surface area contributed by atoms with Gasteiger partial charge in [0, 0.05) is 55.8 Å². The molecule has 2 aliphatic rings. The van der Waals surface area contributed by atoms with Crippen molar-refractivity contribution in [2.45, 2.75) is 6.04 Å². The van der Waals surface area contributed by atoms with Gasteiger partial charge in [-0.1, -0.05) is 29.8 Å². The Morgan fingerprint density at radius 1 is 1.16 bits per heavy atom. The number of nitrogens with one attached hydrogen (secondary N) is 2. The molecule has 10 heteroatoms. The second-order valence-corrected chi connectivity index (χ2v) is 7.66. The Balaban J connectivity index is 1.56. The standard InChI is InChI=1S/C21H23ClN6O3/c1-31-19(29)17-16(25-21(30)26-18(17)14-5-2-3-6-15(14)22)13-27-9-11-28(12-10-27)20-23-7-4-8-24-20/h2-8,18H,9-13H2,1H3,(H2,25,26,30)/t18-/m1/s1. The molecule has 1 fully saturated rings. The van der Waals surface area contributed by atoms with E-state index in [1.54, 1.807) is 36.7 Å². The highest BCUT2D eigenvalue weighted by atomic mass is 35.5. The third-order valence-corrected chi connectivity index (χ3v) is 5.71. The molecule has 0 radical (unpaired) electrons. The monoisotopic (exact) mass is 442 g/mol. The van der Waals surface area contributed by atoms with Gasteiger partial charge in [0.1, 0.15) is 0 Å². The predicted octanol–water partition coefficient (Wildman–Crippen LogP) is 1.73. The van der Waals surface area contributed by atoms with Gasteiger partial charge in [-0.15, -0.1) is 0 Å². The lowest BCUT2D eigenvalue weighted by Crippen LogP contribution is -2.52. The summed E-state index contributed by atoms with van der Waals surface area (Å²) in [7, 11) is 1.33. The number of benzene rings is 1. The maximum Gasteiger partial charge on any atom is 0.338 e. The van der Waals surface area contributed by atoms with Gasteiger partial charge in [-0.05, 0) is 17.7 Å². The molecule has 0 saturated carbocycles. The van der Waals surface area contributed by atoms with Crippen molar-refractivity contribution in [2.75, 3.05) is 44.7 Å². The van der Waals surface area contributed by atoms with Gasteiger partial charge in [-0.25, -0.2) is 19.6 Å². The van der Waals surface area contributed by atoms with Crippen molar-refractivity contribution in [3.8, 4) is 0 Å². The molecule has 3 heterocycles. The van der Waals surface area contributed by atoms with Crippen LogP contribution in [0.2, 0.25) is 5.02 Å². The number of aromatic nitrogens is 2. The second-order valence-electron chi connectivity index (χ2n) is 7.25. The Kier molecular flexibility index (Phi) is 6.34. The lowest BCUT2D eigenvalue weighted by Gasteiger charge is -2.37. The minimum atomic E-state index is -0.691. The molecule has 1 aromatic carbocycles. The first-order valence-electron chi connectivity index (χ1n) is 9.94. The highest BCUT2D eigenvalue weighted by Crippen LogP contribution is 2.32. The molecule has 2 N–H and O–H groups in total. The molecule has 0 unspecified atom stereocenters. The van der Waals surface area contributed by atoms with Gasteiger partial charge in [0.2, 0.25) is 5.95 Å². The van der Waals surface area contributed by atoms with Crippen molar-refractivity contribution in [1.82, 2.24) is 25.5 Å². The summed E-state index contributed by atoms with van der Waals surface area (Å²) in [5.41, 5.74) is 1.51. The zero-order valence-corrected chi connectivity index (χ0v) is 17.8. The Bertz CT molecular complexity index is 992. The van der Waals surface area contributed by atoms with Gasteiger partial charge < -0.3 is 20.3 Å². The molecule has 2 amide bonds. The van der Waals surface area contributed by atoms with Crippen molar-refractivity contribution >= 4 is 29.5 Å². The Morgan fingerprint density at radius 2 is 1.87 bits per heavy atom. The first-order chi connectivity index (χ1) is 15.1. The maximum atomic E-state index is 12.7. The summed E-state index contributed by atoms with van der Waals surface area (Å²) in [6.45, 7) is 3.35. The van der Waals surface area contributed by atoms with Gasteiger partial charge in [-0.2, -0.15) is 0 Å². The number of hydrogen-bond donors (Lipinski definition) is 2. The normalized spacial score (nSPS) is 19.6. The van der Waals surface area contributed by atoms with Crippen molar-refractivity contribution in [3.05, 3.63) is 64.6 Å². The van der Waals surface area contributed by atoms with Gasteiger partial charge in [0.25, 0.3) is 0 Å². The SMILES string of the molecule is COC(=O)C1=C(CN2CCN(c3ncccn3)CC2)NC(=O)N[C@@H]1c1ccccc1Cl. The molecular weight excluding hydrogens is 420 g/mol. The number of carbonyl (C=O) groups excluding carboxylic acids is 2. The fraction of sp³-hybridized carbons (Fsp3) is 0.333. The van der Waals surface area contributed by atoms with Crippen LogP contribution in [0, 0.1) is 0 Å². The Hall–Kier alpha value is -3.17. The quantitative estimate of drug-likeness (QED) is 0.680. The van der Waals surface area contributed by atoms with Crippen LogP contribution in [-0.2, 0) is 9.53 Å². The van der Waals surface area contributed by atoms with Crippen LogP contribution in [-0.4, -0.2) is 66.7 Å². The molecule has 1 aromatic heterocycles. The average molecular weight is 443 g/mol. The number of halogens is 1. The van der Waals surface area contributed by atoms with Crippen molar-refractivity contribution in [1.29, 1.82) is 0 Å². The van der Waals surface area contributed by atoms with E-state index in [1.165, 1.54) is 7.11 Å². The van der Waals surface area contributed by atoms with Crippen molar-refractivity contribution < 1.29 is 14.3 Å². The highest BCUT2D eigenvalue weighted by Gasteiger charge is 2.35. The highest BCUT2D eigenvalue weighted by molar-refractivity contribution is 6.31. The lowest BCUT2D eigenvalue weighted by molar-refractivity contribution is -0.136. The zero-order valence-electron chi connectivity index (χ0n) is 17.0. The molecule has 2 aliphatic heterocycles. The number of carbonyl (C=O) groups is 2. The third kappa shape index (κ3) is 4.62. The molecule has 31 heavy (non-hydrogen) atoms. The van der Waals surface area contributed by atoms with Crippen LogP contribution in [0.1, 0.15) is 11.6 Å². The number of hydrogen-bond acceptors (Lipinski definition) is 7. The minimum Gasteiger partial charge on any atom is -0.466 e. The van der Waals surface area contributed by atoms with Crippen LogP contribution in [0.25, 0.3) is 0 Å². The Labute approximate surface area is 185 Å². The molecule has 1 atom stereocenters. The summed E-state index contributed by atoms with van der Waals surface area (Å²) < 4.78 is 5.04. The molecule has 0 spiro atoms. The van der Waals surface area contributed by atoms with Crippen LogP contribution in [0.4, 0.5) is 10.7 Å². The molecule has 1 saturated heterocycles. The van der Waals surface area contributed by atoms with E-state index in [9.17, 15) is 9.59 Å². The fourth-order valence-corrected chi connectivity index (χ4v) is 4.07. The maximum absolute atomic E-state index is 12.7. The smallest absolute Gasteiger partial charge is 0.338 e. The van der Waals surface area contributed by atoms with E-state index in [2.05, 4.69) is 30.4 Å². The summed E-state index contributed by atoms with van der Waals surface area (Å²) in [6.07, 6.45) is 3.45. The molecule has 0 aliphatic carbocycles. The van der Waals surface area contributed by atoms with Gasteiger partial charge in [0.05, 0.1) is 18.7 Å². The summed E-state index contributed by atoms with van der Waals surface area (Å²) >= 11 is 6.36. The number of urea groups is 1. The average Bonchev–Trinajstić information content (AvgIpc) is 2.80. The van der Waals surface area contributed by atoms with Crippen LogP contribution in [0.3, 0.4) is 0 Å². The summed E-state index contributed by atoms with van der Waals surface area (Å²) in [4.78, 5) is 38.0. The fourth-order valence-electron chi connectivity index (χ4n) is 3.82. The predicted molar refractivity (Wildman–Crippen MR) is 116 cm³/mol. The number of nitrogens with zero attached hydrogens (tertiary/aromatic N) is 4. The van der Waals surface area contributed by atoms with Crippen LogP contribution in [0.15, 0.2) is 54.0 Å². The minimum absolute atomic E-state index is 0.351. The zero-order chi connectivity index (χ0) is 21.8. The van der Waals surface area contributed by atoms with Gasteiger partial charge in [-0.3, -0.25) is 4.90 Å². The molecule has 9 nitrogen and oxygen atoms in total. The molecule has 2 aromatic rings. The van der Waals surface area contributed by atoms with E-state index in [-0.39, 0.29) is 6.03 Å². The largest absolute Gasteiger partial charge is 0.466 e. The summed E-state index contributed by atoms with van der Waals surface area (Å²) in [5, 5.41) is 6.06. The number of methoxy groups -OCH3 is 1. The molecule has 0 bridgehead atoms. The molecule has 162 valence electrons. The van der Waals surface area contributed by atoms with Crippen LogP contribution in [0.5, 0.6) is 0 Å². The molecular formula is C21H23ClN6O3. The number of amides is 2. The summed E-state index contributed by atoms with van der Waals surface area (Å²) in [5.74, 6) is 0.189. The summed E-state index contributed by atoms with van der Waals surface area (Å²) in [6, 6.07) is 7.84. The Morgan fingerprint density at radius 3 is 2.55 bits per heavy atom. The second kappa shape index (κ2) is 9.32. The van der Waals surface area contributed by atoms with E-state index in [0.717, 1.165) is 26.2 Å². The number of rotatable bonds is 5. The number of esters is 1. The van der Waals surface area contributed by atoms with E-state index < -0.39 is 12.0 Å². The van der Waals surface area contributed by atoms with Gasteiger partial charge >= 0.3 is 12.0 Å². The number of ether oxygens (including phenoxy) is 1. The number of anilines is 1. The van der Waals surface area contributed by atoms with Gasteiger partial charge in [0.15, 0.2) is 0 Å². The van der Waals surface area contributed by atoms with Crippen molar-refractivity contribution in [2.24, 2.45) is 0 Å². The van der Waals surface area contributed by atoms with E-state index in [1.807, 2.05) is 6.07 Å². The molecule has 4 rings (SSSR count). The topological polar surface area (TPSA) is 99.7 Å². The van der Waals surface area contributed by atoms with E-state index in [4.69, 9.17) is 16.3 Å². The van der Waals surface area contributed by atoms with E-state index in [0.29, 0.717) is 34.3 Å². The van der Waals surface area contributed by atoms with Crippen LogP contribution < -0.4 is 15.5 Å². The third-order valence-electron chi connectivity index (χ3n) is 5.36. The van der Waals surface area contributed by atoms with E-state index >= 15 is 0 Å². The van der Waals surface area contributed by atoms with Crippen LogP contribution >= 0.6 is 11.6 Å².